The zero-order chi connectivity index (χ0) is 8.55. The van der Waals surface area contributed by atoms with Gasteiger partial charge in [0.2, 0.25) is 0 Å². The zero-order valence-corrected chi connectivity index (χ0v) is 6.75. The van der Waals surface area contributed by atoms with Crippen LogP contribution >= 0.6 is 0 Å². The first-order chi connectivity index (χ1) is 5.77. The molecule has 0 amide bonds. The molecular weight excluding hydrogens is 152 g/mol. The summed E-state index contributed by atoms with van der Waals surface area (Å²) in [4.78, 5) is 22.4. The second kappa shape index (κ2) is 2.70. The number of Topliss-reactive ketones (excluding diaryl/α,β-unsaturated/α-hetero) is 2. The van der Waals surface area contributed by atoms with Crippen molar-refractivity contribution in [3.05, 3.63) is 23.8 Å². The highest BCUT2D eigenvalue weighted by atomic mass is 16.1. The standard InChI is InChI=1S/C10H10O2/c11-8-5-7-3-1-2-4-9(7)10(12)6-8/h1-2,4,7H,3,5-6H2. The molecule has 2 rings (SSSR count). The van der Waals surface area contributed by atoms with Crippen molar-refractivity contribution in [1.82, 2.24) is 0 Å². The van der Waals surface area contributed by atoms with Gasteiger partial charge >= 0.3 is 0 Å². The van der Waals surface area contributed by atoms with Gasteiger partial charge in [0.15, 0.2) is 5.78 Å². The molecule has 1 fully saturated rings. The largest absolute Gasteiger partial charge is 0.299 e. The van der Waals surface area contributed by atoms with E-state index in [4.69, 9.17) is 0 Å². The Bertz CT molecular complexity index is 297. The monoisotopic (exact) mass is 162 g/mol. The fraction of sp³-hybridized carbons (Fsp3) is 0.400. The van der Waals surface area contributed by atoms with Crippen LogP contribution in [0.25, 0.3) is 0 Å². The molecule has 0 aromatic rings. The van der Waals surface area contributed by atoms with E-state index in [-0.39, 0.29) is 23.9 Å². The van der Waals surface area contributed by atoms with Crippen molar-refractivity contribution < 1.29 is 9.59 Å². The molecule has 2 aliphatic carbocycles. The Morgan fingerprint density at radius 2 is 2.17 bits per heavy atom. The minimum Gasteiger partial charge on any atom is -0.299 e. The van der Waals surface area contributed by atoms with Gasteiger partial charge in [0.25, 0.3) is 0 Å². The number of rotatable bonds is 0. The highest BCUT2D eigenvalue weighted by Gasteiger charge is 2.30. The lowest BCUT2D eigenvalue weighted by Gasteiger charge is -2.23. The summed E-state index contributed by atoms with van der Waals surface area (Å²) in [5.74, 6) is 0.307. The Labute approximate surface area is 71.0 Å². The van der Waals surface area contributed by atoms with Gasteiger partial charge in [-0.3, -0.25) is 9.59 Å². The van der Waals surface area contributed by atoms with Crippen LogP contribution in [0.5, 0.6) is 0 Å². The van der Waals surface area contributed by atoms with Crippen LogP contribution in [0.4, 0.5) is 0 Å². The summed E-state index contributed by atoms with van der Waals surface area (Å²) >= 11 is 0. The smallest absolute Gasteiger partial charge is 0.166 e. The number of carbonyl (C=O) groups excluding carboxylic acids is 2. The summed E-state index contributed by atoms with van der Waals surface area (Å²) < 4.78 is 0. The molecule has 1 atom stereocenters. The van der Waals surface area contributed by atoms with E-state index in [0.717, 1.165) is 12.0 Å². The van der Waals surface area contributed by atoms with Gasteiger partial charge in [0.1, 0.15) is 5.78 Å². The Balaban J connectivity index is 2.30. The van der Waals surface area contributed by atoms with Gasteiger partial charge in [-0.1, -0.05) is 18.2 Å². The normalized spacial score (nSPS) is 28.3. The van der Waals surface area contributed by atoms with Crippen molar-refractivity contribution >= 4 is 11.6 Å². The predicted octanol–water partition coefficient (Wildman–Crippen LogP) is 1.42. The SMILES string of the molecule is O=C1CC(=O)C2=CC=CCC2C1. The molecular formula is C10H10O2. The third kappa shape index (κ3) is 1.13. The van der Waals surface area contributed by atoms with Crippen LogP contribution < -0.4 is 0 Å². The maximum Gasteiger partial charge on any atom is 0.166 e. The van der Waals surface area contributed by atoms with Crippen LogP contribution in [-0.4, -0.2) is 11.6 Å². The number of ketones is 2. The van der Waals surface area contributed by atoms with Gasteiger partial charge in [0, 0.05) is 6.42 Å². The molecule has 0 N–H and O–H groups in total. The lowest BCUT2D eigenvalue weighted by atomic mass is 9.78. The fourth-order valence-corrected chi connectivity index (χ4v) is 1.82. The molecule has 0 aromatic heterocycles. The van der Waals surface area contributed by atoms with E-state index >= 15 is 0 Å². The lowest BCUT2D eigenvalue weighted by molar-refractivity contribution is -0.128. The lowest BCUT2D eigenvalue weighted by Crippen LogP contribution is -2.26. The van der Waals surface area contributed by atoms with E-state index in [2.05, 4.69) is 0 Å². The maximum atomic E-state index is 11.3. The first kappa shape index (κ1) is 7.47. The maximum absolute atomic E-state index is 11.3. The molecule has 2 heteroatoms. The Morgan fingerprint density at radius 1 is 1.33 bits per heavy atom. The molecule has 62 valence electrons. The minimum atomic E-state index is 0.0283. The number of allylic oxidation sites excluding steroid dienone is 4. The van der Waals surface area contributed by atoms with E-state index in [1.165, 1.54) is 0 Å². The summed E-state index contributed by atoms with van der Waals surface area (Å²) in [5, 5.41) is 0. The molecule has 0 spiro atoms. The molecule has 0 aliphatic heterocycles. The van der Waals surface area contributed by atoms with E-state index in [1.54, 1.807) is 0 Å². The molecule has 0 heterocycles. The van der Waals surface area contributed by atoms with E-state index < -0.39 is 0 Å². The second-order valence-corrected chi connectivity index (χ2v) is 3.33. The third-order valence-electron chi connectivity index (χ3n) is 2.43. The van der Waals surface area contributed by atoms with Crippen LogP contribution in [-0.2, 0) is 9.59 Å². The molecule has 2 nitrogen and oxygen atoms in total. The zero-order valence-electron chi connectivity index (χ0n) is 6.75. The fourth-order valence-electron chi connectivity index (χ4n) is 1.82. The van der Waals surface area contributed by atoms with E-state index in [1.807, 2.05) is 18.2 Å². The number of fused-ring (bicyclic) bond motifs is 1. The second-order valence-electron chi connectivity index (χ2n) is 3.33. The summed E-state index contributed by atoms with van der Waals surface area (Å²) in [5.41, 5.74) is 0.858. The first-order valence-electron chi connectivity index (χ1n) is 4.19. The molecule has 0 radical (unpaired) electrons. The van der Waals surface area contributed by atoms with Crippen molar-refractivity contribution in [3.63, 3.8) is 0 Å². The summed E-state index contributed by atoms with van der Waals surface area (Å²) in [6.45, 7) is 0. The van der Waals surface area contributed by atoms with Crippen LogP contribution in [0.3, 0.4) is 0 Å². The molecule has 1 saturated carbocycles. The van der Waals surface area contributed by atoms with Crippen molar-refractivity contribution in [1.29, 1.82) is 0 Å². The van der Waals surface area contributed by atoms with E-state index in [0.29, 0.717) is 6.42 Å². The topological polar surface area (TPSA) is 34.1 Å². The number of hydrogen-bond donors (Lipinski definition) is 0. The molecule has 0 saturated heterocycles. The summed E-state index contributed by atoms with van der Waals surface area (Å²) in [7, 11) is 0. The van der Waals surface area contributed by atoms with Gasteiger partial charge in [0.05, 0.1) is 6.42 Å². The molecule has 0 bridgehead atoms. The van der Waals surface area contributed by atoms with Crippen LogP contribution in [0.2, 0.25) is 0 Å². The van der Waals surface area contributed by atoms with Gasteiger partial charge in [-0.2, -0.15) is 0 Å². The Hall–Kier alpha value is -1.18. The van der Waals surface area contributed by atoms with Gasteiger partial charge < -0.3 is 0 Å². The quantitative estimate of drug-likeness (QED) is 0.505. The molecule has 1 unspecified atom stereocenters. The highest BCUT2D eigenvalue weighted by Crippen LogP contribution is 2.30. The third-order valence-corrected chi connectivity index (χ3v) is 2.43. The van der Waals surface area contributed by atoms with Crippen LogP contribution in [0.15, 0.2) is 23.8 Å². The average Bonchev–Trinajstić information content (AvgIpc) is 2.04. The van der Waals surface area contributed by atoms with Crippen molar-refractivity contribution in [2.24, 2.45) is 5.92 Å². The van der Waals surface area contributed by atoms with Gasteiger partial charge in [-0.25, -0.2) is 0 Å². The van der Waals surface area contributed by atoms with Crippen molar-refractivity contribution in [2.75, 3.05) is 0 Å². The molecule has 0 aromatic carbocycles. The minimum absolute atomic E-state index is 0.0283. The predicted molar refractivity (Wildman–Crippen MR) is 44.6 cm³/mol. The summed E-state index contributed by atoms with van der Waals surface area (Å²) in [6.07, 6.45) is 7.30. The first-order valence-corrected chi connectivity index (χ1v) is 4.19. The van der Waals surface area contributed by atoms with Crippen LogP contribution in [0, 0.1) is 5.92 Å². The average molecular weight is 162 g/mol. The van der Waals surface area contributed by atoms with E-state index in [9.17, 15) is 9.59 Å². The van der Waals surface area contributed by atoms with Gasteiger partial charge in [-0.15, -0.1) is 0 Å². The summed E-state index contributed by atoms with van der Waals surface area (Å²) in [6, 6.07) is 0. The van der Waals surface area contributed by atoms with Crippen molar-refractivity contribution in [3.8, 4) is 0 Å². The highest BCUT2D eigenvalue weighted by molar-refractivity contribution is 6.11. The number of carbonyl (C=O) groups is 2. The Morgan fingerprint density at radius 3 is 3.00 bits per heavy atom. The van der Waals surface area contributed by atoms with Crippen molar-refractivity contribution in [2.45, 2.75) is 19.3 Å². The Kier molecular flexibility index (Phi) is 1.68. The number of hydrogen-bond acceptors (Lipinski definition) is 2. The van der Waals surface area contributed by atoms with Gasteiger partial charge in [-0.05, 0) is 17.9 Å². The van der Waals surface area contributed by atoms with Crippen LogP contribution in [0.1, 0.15) is 19.3 Å². The molecule has 2 aliphatic rings. The molecule has 12 heavy (non-hydrogen) atoms.